The number of benzene rings is 1. The van der Waals surface area contributed by atoms with Crippen molar-refractivity contribution in [2.75, 3.05) is 0 Å². The first kappa shape index (κ1) is 12.2. The fourth-order valence-corrected chi connectivity index (χ4v) is 3.68. The summed E-state index contributed by atoms with van der Waals surface area (Å²) in [5, 5.41) is 10.6. The predicted octanol–water partition coefficient (Wildman–Crippen LogP) is 4.12. The van der Waals surface area contributed by atoms with Gasteiger partial charge in [0.25, 0.3) is 0 Å². The Hall–Kier alpha value is -0.820. The summed E-state index contributed by atoms with van der Waals surface area (Å²) < 4.78 is 0. The molecule has 1 heteroatoms. The molecule has 2 aliphatic rings. The third-order valence-electron chi connectivity index (χ3n) is 4.89. The molecule has 1 aromatic rings. The molecule has 3 atom stereocenters. The highest BCUT2D eigenvalue weighted by Crippen LogP contribution is 2.52. The molecule has 2 aliphatic carbocycles. The molecule has 0 amide bonds. The Balaban J connectivity index is 1.60. The van der Waals surface area contributed by atoms with Crippen molar-refractivity contribution in [2.45, 2.75) is 57.0 Å². The molecule has 1 nitrogen and oxygen atoms in total. The smallest absolute Gasteiger partial charge is 0.0602 e. The minimum absolute atomic E-state index is 0.0479. The average molecular weight is 244 g/mol. The van der Waals surface area contributed by atoms with E-state index in [-0.39, 0.29) is 6.10 Å². The maximum absolute atomic E-state index is 10.6. The molecule has 1 N–H and O–H groups in total. The highest BCUT2D eigenvalue weighted by atomic mass is 16.3. The minimum Gasteiger partial charge on any atom is -0.393 e. The van der Waals surface area contributed by atoms with Crippen LogP contribution in [0.3, 0.4) is 0 Å². The van der Waals surface area contributed by atoms with Gasteiger partial charge >= 0.3 is 0 Å². The van der Waals surface area contributed by atoms with E-state index >= 15 is 0 Å². The van der Waals surface area contributed by atoms with E-state index in [2.05, 4.69) is 30.3 Å². The molecule has 0 bridgehead atoms. The third-order valence-corrected chi connectivity index (χ3v) is 4.89. The molecule has 0 heterocycles. The Kier molecular flexibility index (Phi) is 3.69. The zero-order valence-corrected chi connectivity index (χ0v) is 11.1. The lowest BCUT2D eigenvalue weighted by Crippen LogP contribution is -2.22. The number of rotatable bonds is 3. The third kappa shape index (κ3) is 2.61. The van der Waals surface area contributed by atoms with Crippen molar-refractivity contribution in [3.8, 4) is 0 Å². The van der Waals surface area contributed by atoms with Crippen molar-refractivity contribution in [2.24, 2.45) is 11.8 Å². The van der Waals surface area contributed by atoms with Crippen LogP contribution in [-0.2, 0) is 0 Å². The zero-order valence-electron chi connectivity index (χ0n) is 11.1. The Bertz CT molecular complexity index is 364. The first-order valence-electron chi connectivity index (χ1n) is 7.59. The van der Waals surface area contributed by atoms with Crippen LogP contribution in [0.4, 0.5) is 0 Å². The van der Waals surface area contributed by atoms with Gasteiger partial charge < -0.3 is 5.11 Å². The number of aliphatic hydroxyl groups is 1. The van der Waals surface area contributed by atoms with Crippen LogP contribution in [0.15, 0.2) is 30.3 Å². The van der Waals surface area contributed by atoms with Crippen LogP contribution < -0.4 is 0 Å². The standard InChI is InChI=1S/C17H24O/c18-17(14-10-4-1-2-5-11-14)16-12-15(16)13-8-6-3-7-9-13/h3,6-9,14-18H,1-2,4-5,10-12H2. The molecule has 98 valence electrons. The molecule has 1 aromatic carbocycles. The predicted molar refractivity (Wildman–Crippen MR) is 74.5 cm³/mol. The lowest BCUT2D eigenvalue weighted by atomic mass is 9.90. The molecule has 3 rings (SSSR count). The lowest BCUT2D eigenvalue weighted by Gasteiger charge is -2.21. The second-order valence-corrected chi connectivity index (χ2v) is 6.16. The minimum atomic E-state index is -0.0479. The summed E-state index contributed by atoms with van der Waals surface area (Å²) in [6.45, 7) is 0. The van der Waals surface area contributed by atoms with Gasteiger partial charge in [-0.15, -0.1) is 0 Å². The van der Waals surface area contributed by atoms with Crippen molar-refractivity contribution in [1.29, 1.82) is 0 Å². The molecule has 2 fully saturated rings. The van der Waals surface area contributed by atoms with Gasteiger partial charge in [0.1, 0.15) is 0 Å². The maximum atomic E-state index is 10.6. The topological polar surface area (TPSA) is 20.2 Å². The van der Waals surface area contributed by atoms with Crippen molar-refractivity contribution < 1.29 is 5.11 Å². The van der Waals surface area contributed by atoms with Crippen molar-refractivity contribution in [3.05, 3.63) is 35.9 Å². The number of hydrogen-bond acceptors (Lipinski definition) is 1. The molecule has 2 saturated carbocycles. The highest BCUT2D eigenvalue weighted by molar-refractivity contribution is 5.26. The highest BCUT2D eigenvalue weighted by Gasteiger charge is 2.45. The van der Waals surface area contributed by atoms with Crippen LogP contribution in [0.25, 0.3) is 0 Å². The Morgan fingerprint density at radius 3 is 2.28 bits per heavy atom. The number of hydrogen-bond donors (Lipinski definition) is 1. The van der Waals surface area contributed by atoms with Crippen LogP contribution >= 0.6 is 0 Å². The van der Waals surface area contributed by atoms with Crippen molar-refractivity contribution in [3.63, 3.8) is 0 Å². The summed E-state index contributed by atoms with van der Waals surface area (Å²) in [4.78, 5) is 0. The van der Waals surface area contributed by atoms with Gasteiger partial charge in [-0.25, -0.2) is 0 Å². The fraction of sp³-hybridized carbons (Fsp3) is 0.647. The van der Waals surface area contributed by atoms with E-state index in [0.717, 1.165) is 0 Å². The van der Waals surface area contributed by atoms with Crippen LogP contribution in [0, 0.1) is 11.8 Å². The van der Waals surface area contributed by atoms with Gasteiger partial charge in [0.15, 0.2) is 0 Å². The van der Waals surface area contributed by atoms with E-state index in [9.17, 15) is 5.11 Å². The molecule has 0 spiro atoms. The van der Waals surface area contributed by atoms with Gasteiger partial charge in [-0.3, -0.25) is 0 Å². The lowest BCUT2D eigenvalue weighted by molar-refractivity contribution is 0.0762. The van der Waals surface area contributed by atoms with E-state index in [4.69, 9.17) is 0 Å². The van der Waals surface area contributed by atoms with Gasteiger partial charge in [-0.1, -0.05) is 56.0 Å². The Morgan fingerprint density at radius 1 is 0.944 bits per heavy atom. The molecule has 3 unspecified atom stereocenters. The molecular formula is C17H24O. The summed E-state index contributed by atoms with van der Waals surface area (Å²) >= 11 is 0. The first-order chi connectivity index (χ1) is 8.86. The van der Waals surface area contributed by atoms with Crippen LogP contribution in [0.5, 0.6) is 0 Å². The second-order valence-electron chi connectivity index (χ2n) is 6.16. The fourth-order valence-electron chi connectivity index (χ4n) is 3.68. The van der Waals surface area contributed by atoms with Gasteiger partial charge in [-0.2, -0.15) is 0 Å². The molecule has 0 aliphatic heterocycles. The van der Waals surface area contributed by atoms with Crippen molar-refractivity contribution >= 4 is 0 Å². The maximum Gasteiger partial charge on any atom is 0.0602 e. The monoisotopic (exact) mass is 244 g/mol. The van der Waals surface area contributed by atoms with E-state index in [0.29, 0.717) is 17.8 Å². The molecule has 0 radical (unpaired) electrons. The summed E-state index contributed by atoms with van der Waals surface area (Å²) in [5.41, 5.74) is 1.43. The van der Waals surface area contributed by atoms with Gasteiger partial charge in [-0.05, 0) is 42.6 Å². The summed E-state index contributed by atoms with van der Waals surface area (Å²) in [6.07, 6.45) is 9.04. The van der Waals surface area contributed by atoms with Gasteiger partial charge in [0.2, 0.25) is 0 Å². The number of aliphatic hydroxyl groups excluding tert-OH is 1. The first-order valence-corrected chi connectivity index (χ1v) is 7.59. The van der Waals surface area contributed by atoms with E-state index < -0.39 is 0 Å². The average Bonchev–Trinajstić information content (AvgIpc) is 3.23. The molecule has 0 saturated heterocycles. The van der Waals surface area contributed by atoms with E-state index in [1.165, 1.54) is 50.5 Å². The molecule has 0 aromatic heterocycles. The van der Waals surface area contributed by atoms with Crippen LogP contribution in [-0.4, -0.2) is 11.2 Å². The summed E-state index contributed by atoms with van der Waals surface area (Å²) in [7, 11) is 0. The largest absolute Gasteiger partial charge is 0.393 e. The normalized spacial score (nSPS) is 30.7. The van der Waals surface area contributed by atoms with Gasteiger partial charge in [0, 0.05) is 0 Å². The Morgan fingerprint density at radius 2 is 1.61 bits per heavy atom. The quantitative estimate of drug-likeness (QED) is 0.793. The SMILES string of the molecule is OC(C1CCCCCC1)C1CC1c1ccccc1. The summed E-state index contributed by atoms with van der Waals surface area (Å²) in [5.74, 6) is 1.74. The van der Waals surface area contributed by atoms with E-state index in [1.807, 2.05) is 0 Å². The van der Waals surface area contributed by atoms with Crippen molar-refractivity contribution in [1.82, 2.24) is 0 Å². The second kappa shape index (κ2) is 5.44. The van der Waals surface area contributed by atoms with Gasteiger partial charge in [0.05, 0.1) is 6.10 Å². The summed E-state index contributed by atoms with van der Waals surface area (Å²) in [6, 6.07) is 10.7. The van der Waals surface area contributed by atoms with Crippen LogP contribution in [0.2, 0.25) is 0 Å². The molecule has 18 heavy (non-hydrogen) atoms. The molecular weight excluding hydrogens is 220 g/mol. The Labute approximate surface area is 110 Å². The van der Waals surface area contributed by atoms with E-state index in [1.54, 1.807) is 0 Å². The zero-order chi connectivity index (χ0) is 12.4. The van der Waals surface area contributed by atoms with Crippen LogP contribution in [0.1, 0.15) is 56.4 Å².